The van der Waals surface area contributed by atoms with Crippen LogP contribution in [0.2, 0.25) is 0 Å². The van der Waals surface area contributed by atoms with Gasteiger partial charge < -0.3 is 0 Å². The summed E-state index contributed by atoms with van der Waals surface area (Å²) in [6.45, 7) is 12.8. The number of Topliss-reactive ketones (excluding diaryl/α,β-unsaturated/α-hetero) is 4. The smallest absolute Gasteiger partial charge is 0.188 e. The Labute approximate surface area is 187 Å². The van der Waals surface area contributed by atoms with E-state index in [4.69, 9.17) is 0 Å². The first-order chi connectivity index (χ1) is 15.0. The molecule has 2 aromatic heterocycles. The van der Waals surface area contributed by atoms with Gasteiger partial charge in [-0.25, -0.2) is 9.36 Å². The average Bonchev–Trinajstić information content (AvgIpc) is 3.35. The highest BCUT2D eigenvalue weighted by atomic mass is 16.1. The quantitative estimate of drug-likeness (QED) is 0.457. The molecular formula is C22H32N6O4. The van der Waals surface area contributed by atoms with Crippen molar-refractivity contribution in [3.05, 3.63) is 22.8 Å². The predicted molar refractivity (Wildman–Crippen MR) is 117 cm³/mol. The molecule has 10 nitrogen and oxygen atoms in total. The van der Waals surface area contributed by atoms with E-state index in [2.05, 4.69) is 20.6 Å². The van der Waals surface area contributed by atoms with Crippen molar-refractivity contribution in [1.82, 2.24) is 30.0 Å². The van der Waals surface area contributed by atoms with Gasteiger partial charge in [-0.3, -0.25) is 19.2 Å². The minimum Gasteiger partial charge on any atom is -0.292 e. The van der Waals surface area contributed by atoms with Crippen LogP contribution in [0.25, 0.3) is 0 Å². The lowest BCUT2D eigenvalue weighted by atomic mass is 9.99. The average molecular weight is 445 g/mol. The molecule has 0 atom stereocenters. The van der Waals surface area contributed by atoms with E-state index in [1.165, 1.54) is 9.36 Å². The standard InChI is InChI=1S/C22H32N6O4/c1-8-15(29)16-18(21(31)13(4)5)27(25-23-16)10-9-11-28-19(22(32)14(6)7)17(24-26-28)20(30)12(2)3/h12-14H,8-11H2,1-7H3. The summed E-state index contributed by atoms with van der Waals surface area (Å²) in [6, 6.07) is 0. The first-order valence-corrected chi connectivity index (χ1v) is 11.0. The van der Waals surface area contributed by atoms with Crippen molar-refractivity contribution >= 4 is 23.1 Å². The monoisotopic (exact) mass is 444 g/mol. The summed E-state index contributed by atoms with van der Waals surface area (Å²) in [6.07, 6.45) is 0.669. The molecule has 0 radical (unpaired) electrons. The van der Waals surface area contributed by atoms with Crippen LogP contribution in [0, 0.1) is 17.8 Å². The number of carbonyl (C=O) groups excluding carboxylic acids is 4. The molecule has 32 heavy (non-hydrogen) atoms. The second kappa shape index (κ2) is 10.5. The van der Waals surface area contributed by atoms with Crippen molar-refractivity contribution < 1.29 is 19.2 Å². The molecule has 0 saturated carbocycles. The number of hydrogen-bond donors (Lipinski definition) is 0. The molecule has 174 valence electrons. The second-order valence-electron chi connectivity index (χ2n) is 8.71. The Morgan fingerprint density at radius 3 is 1.50 bits per heavy atom. The van der Waals surface area contributed by atoms with Crippen LogP contribution in [0.4, 0.5) is 0 Å². The zero-order chi connectivity index (χ0) is 24.2. The van der Waals surface area contributed by atoms with Crippen molar-refractivity contribution in [3.8, 4) is 0 Å². The van der Waals surface area contributed by atoms with Gasteiger partial charge in [-0.05, 0) is 6.42 Å². The molecule has 0 aliphatic rings. The van der Waals surface area contributed by atoms with E-state index in [-0.39, 0.29) is 70.1 Å². The fourth-order valence-corrected chi connectivity index (χ4v) is 3.14. The van der Waals surface area contributed by atoms with Crippen molar-refractivity contribution in [3.63, 3.8) is 0 Å². The largest absolute Gasteiger partial charge is 0.292 e. The van der Waals surface area contributed by atoms with Crippen LogP contribution < -0.4 is 0 Å². The topological polar surface area (TPSA) is 130 Å². The SMILES string of the molecule is CCC(=O)c1nnn(CCCn2nnc(C(=O)C(C)C)c2C(=O)C(C)C)c1C(=O)C(C)C. The number of hydrogen-bond acceptors (Lipinski definition) is 8. The molecule has 10 heteroatoms. The van der Waals surface area contributed by atoms with E-state index >= 15 is 0 Å². The molecular weight excluding hydrogens is 412 g/mol. The van der Waals surface area contributed by atoms with E-state index in [0.717, 1.165) is 0 Å². The summed E-state index contributed by atoms with van der Waals surface area (Å²) in [5, 5.41) is 16.0. The molecule has 2 aromatic rings. The Hall–Kier alpha value is -3.04. The second-order valence-corrected chi connectivity index (χ2v) is 8.71. The third-order valence-corrected chi connectivity index (χ3v) is 5.07. The first-order valence-electron chi connectivity index (χ1n) is 11.0. The van der Waals surface area contributed by atoms with Crippen molar-refractivity contribution in [2.24, 2.45) is 17.8 Å². The maximum absolute atomic E-state index is 12.8. The van der Waals surface area contributed by atoms with E-state index in [1.807, 2.05) is 0 Å². The van der Waals surface area contributed by atoms with Crippen LogP contribution in [0.5, 0.6) is 0 Å². The summed E-state index contributed by atoms with van der Waals surface area (Å²) < 4.78 is 2.88. The highest BCUT2D eigenvalue weighted by molar-refractivity contribution is 6.08. The van der Waals surface area contributed by atoms with Crippen LogP contribution in [0.15, 0.2) is 0 Å². The first kappa shape index (κ1) is 25.2. The lowest BCUT2D eigenvalue weighted by molar-refractivity contribution is 0.0896. The number of aryl methyl sites for hydroxylation is 2. The Morgan fingerprint density at radius 1 is 0.688 bits per heavy atom. The van der Waals surface area contributed by atoms with E-state index in [9.17, 15) is 19.2 Å². The van der Waals surface area contributed by atoms with E-state index in [1.54, 1.807) is 48.5 Å². The van der Waals surface area contributed by atoms with Gasteiger partial charge in [0, 0.05) is 37.3 Å². The third-order valence-electron chi connectivity index (χ3n) is 5.07. The summed E-state index contributed by atoms with van der Waals surface area (Å²) in [5.41, 5.74) is 0.593. The van der Waals surface area contributed by atoms with Gasteiger partial charge in [-0.1, -0.05) is 58.9 Å². The van der Waals surface area contributed by atoms with Crippen molar-refractivity contribution in [2.45, 2.75) is 74.4 Å². The fraction of sp³-hybridized carbons (Fsp3) is 0.636. The summed E-state index contributed by atoms with van der Waals surface area (Å²) in [4.78, 5) is 50.2. The molecule has 0 saturated heterocycles. The van der Waals surface area contributed by atoms with Crippen LogP contribution >= 0.6 is 0 Å². The van der Waals surface area contributed by atoms with Crippen LogP contribution in [-0.4, -0.2) is 53.1 Å². The number of ketones is 4. The third kappa shape index (κ3) is 5.23. The molecule has 0 fully saturated rings. The highest BCUT2D eigenvalue weighted by Gasteiger charge is 2.29. The Bertz CT molecular complexity index is 1020. The lowest BCUT2D eigenvalue weighted by Crippen LogP contribution is -2.21. The minimum atomic E-state index is -0.320. The number of aromatic nitrogens is 6. The normalized spacial score (nSPS) is 11.6. The molecule has 2 heterocycles. The van der Waals surface area contributed by atoms with Gasteiger partial charge in [0.25, 0.3) is 0 Å². The lowest BCUT2D eigenvalue weighted by Gasteiger charge is -2.11. The molecule has 0 aliphatic carbocycles. The van der Waals surface area contributed by atoms with Gasteiger partial charge in [0.05, 0.1) is 0 Å². The molecule has 0 aliphatic heterocycles. The number of rotatable bonds is 12. The van der Waals surface area contributed by atoms with Crippen LogP contribution in [0.3, 0.4) is 0 Å². The summed E-state index contributed by atoms with van der Waals surface area (Å²) in [5.74, 6) is -1.82. The molecule has 0 aromatic carbocycles. The molecule has 0 N–H and O–H groups in total. The van der Waals surface area contributed by atoms with Gasteiger partial charge in [0.2, 0.25) is 0 Å². The van der Waals surface area contributed by atoms with Gasteiger partial charge in [0.15, 0.2) is 34.5 Å². The zero-order valence-electron chi connectivity index (χ0n) is 19.9. The maximum Gasteiger partial charge on any atom is 0.188 e. The summed E-state index contributed by atoms with van der Waals surface area (Å²) >= 11 is 0. The predicted octanol–water partition coefficient (Wildman–Crippen LogP) is 3.07. The van der Waals surface area contributed by atoms with Crippen molar-refractivity contribution in [2.75, 3.05) is 0 Å². The van der Waals surface area contributed by atoms with E-state index in [0.29, 0.717) is 19.5 Å². The Morgan fingerprint density at radius 2 is 1.09 bits per heavy atom. The van der Waals surface area contributed by atoms with E-state index < -0.39 is 0 Å². The minimum absolute atomic E-state index is 0.0889. The molecule has 0 unspecified atom stereocenters. The van der Waals surface area contributed by atoms with Gasteiger partial charge in [-0.15, -0.1) is 10.2 Å². The van der Waals surface area contributed by atoms with Crippen molar-refractivity contribution in [1.29, 1.82) is 0 Å². The molecule has 0 amide bonds. The van der Waals surface area contributed by atoms with Crippen LogP contribution in [-0.2, 0) is 13.1 Å². The highest BCUT2D eigenvalue weighted by Crippen LogP contribution is 2.18. The molecule has 0 spiro atoms. The fourth-order valence-electron chi connectivity index (χ4n) is 3.14. The Kier molecular flexibility index (Phi) is 8.29. The molecule has 2 rings (SSSR count). The van der Waals surface area contributed by atoms with Gasteiger partial charge in [0.1, 0.15) is 11.4 Å². The number of carbonyl (C=O) groups is 4. The maximum atomic E-state index is 12.8. The van der Waals surface area contributed by atoms with Gasteiger partial charge in [-0.2, -0.15) is 0 Å². The zero-order valence-corrected chi connectivity index (χ0v) is 19.9. The van der Waals surface area contributed by atoms with Gasteiger partial charge >= 0.3 is 0 Å². The van der Waals surface area contributed by atoms with Crippen LogP contribution in [0.1, 0.15) is 103 Å². The Balaban J connectivity index is 2.30. The number of nitrogens with zero attached hydrogens (tertiary/aromatic N) is 6. The summed E-state index contributed by atoms with van der Waals surface area (Å²) in [7, 11) is 0. The molecule has 0 bridgehead atoms.